The molecular formula is C23H40N4O6S2. The second-order valence-electron chi connectivity index (χ2n) is 10.3. The van der Waals surface area contributed by atoms with Gasteiger partial charge in [0, 0.05) is 25.8 Å². The van der Waals surface area contributed by atoms with Crippen molar-refractivity contribution in [3.8, 4) is 0 Å². The highest BCUT2D eigenvalue weighted by molar-refractivity contribution is 7.92. The summed E-state index contributed by atoms with van der Waals surface area (Å²) in [4.78, 5) is 53.4. The van der Waals surface area contributed by atoms with Crippen molar-refractivity contribution in [1.82, 2.24) is 20.0 Å². The molecule has 2 aliphatic rings. The van der Waals surface area contributed by atoms with Gasteiger partial charge in [-0.3, -0.25) is 19.4 Å². The third-order valence-electron chi connectivity index (χ3n) is 6.68. The molecule has 0 aliphatic carbocycles. The zero-order chi connectivity index (χ0) is 26.6. The number of urea groups is 2. The van der Waals surface area contributed by atoms with Crippen molar-refractivity contribution < 1.29 is 28.3 Å². The topological polar surface area (TPSA) is 136 Å². The molecule has 12 heteroatoms. The lowest BCUT2D eigenvalue weighted by molar-refractivity contribution is -0.131. The minimum absolute atomic E-state index is 0.0836. The summed E-state index contributed by atoms with van der Waals surface area (Å²) in [6.07, 6.45) is 1.89. The van der Waals surface area contributed by atoms with Crippen molar-refractivity contribution >= 4 is 46.2 Å². The van der Waals surface area contributed by atoms with E-state index in [9.17, 15) is 28.3 Å². The Hall–Kier alpha value is -1.50. The molecule has 1 N–H and O–H groups in total. The van der Waals surface area contributed by atoms with Gasteiger partial charge < -0.3 is 19.3 Å². The summed E-state index contributed by atoms with van der Waals surface area (Å²) in [7, 11) is 0. The van der Waals surface area contributed by atoms with Gasteiger partial charge in [-0.25, -0.2) is 9.59 Å². The van der Waals surface area contributed by atoms with E-state index in [4.69, 9.17) is 0 Å². The van der Waals surface area contributed by atoms with Gasteiger partial charge in [0.1, 0.15) is 35.6 Å². The van der Waals surface area contributed by atoms with Gasteiger partial charge in [-0.2, -0.15) is 0 Å². The maximum Gasteiger partial charge on any atom is 0.327 e. The number of nitrogens with one attached hydrogen (secondary N) is 1. The van der Waals surface area contributed by atoms with Crippen LogP contribution in [-0.4, -0.2) is 101 Å². The highest BCUT2D eigenvalue weighted by atomic mass is 32.2. The van der Waals surface area contributed by atoms with Crippen LogP contribution in [0, 0.1) is 0 Å². The van der Waals surface area contributed by atoms with Crippen LogP contribution in [0.2, 0.25) is 0 Å². The summed E-state index contributed by atoms with van der Waals surface area (Å²) in [5, 5.41) is 2.68. The molecule has 2 rings (SSSR count). The van der Waals surface area contributed by atoms with Gasteiger partial charge in [-0.1, -0.05) is 29.3 Å². The first kappa shape index (κ1) is 29.7. The quantitative estimate of drug-likeness (QED) is 0.268. The molecule has 35 heavy (non-hydrogen) atoms. The van der Waals surface area contributed by atoms with Gasteiger partial charge >= 0.3 is 12.1 Å². The van der Waals surface area contributed by atoms with Crippen LogP contribution in [0.15, 0.2) is 0 Å². The summed E-state index contributed by atoms with van der Waals surface area (Å²) in [5.41, 5.74) is -1.47. The second-order valence-corrected chi connectivity index (χ2v) is 13.7. The van der Waals surface area contributed by atoms with E-state index in [1.54, 1.807) is 13.8 Å². The van der Waals surface area contributed by atoms with Gasteiger partial charge in [0.2, 0.25) is 0 Å². The molecule has 0 aromatic heterocycles. The van der Waals surface area contributed by atoms with Gasteiger partial charge in [-0.15, -0.1) is 0 Å². The normalized spacial score (nSPS) is 21.3. The standard InChI is InChI=1S/C23H40N4O6S2/c1-7-17-19(29)27(20(30)24-17)23(5,6)11-15-35(33)13-9-12-34(32)14-10-22(3,4)26-18(28)16-25(8-2)21(26)31/h17H,7-16H2,1-6H3,(H,24,30). The third kappa shape index (κ3) is 7.27. The van der Waals surface area contributed by atoms with Crippen LogP contribution in [0.25, 0.3) is 0 Å². The number of carbonyl (C=O) groups is 4. The van der Waals surface area contributed by atoms with Crippen molar-refractivity contribution in [2.45, 2.75) is 84.3 Å². The Labute approximate surface area is 214 Å². The van der Waals surface area contributed by atoms with Crippen LogP contribution >= 0.6 is 0 Å². The molecule has 2 heterocycles. The molecule has 2 fully saturated rings. The van der Waals surface area contributed by atoms with Crippen LogP contribution in [0.5, 0.6) is 0 Å². The molecule has 0 spiro atoms. The van der Waals surface area contributed by atoms with Crippen molar-refractivity contribution in [2.24, 2.45) is 0 Å². The molecule has 6 amide bonds. The van der Waals surface area contributed by atoms with Crippen LogP contribution in [0.1, 0.15) is 67.2 Å². The van der Waals surface area contributed by atoms with Crippen molar-refractivity contribution in [2.75, 3.05) is 36.1 Å². The van der Waals surface area contributed by atoms with Crippen molar-refractivity contribution in [3.05, 3.63) is 0 Å². The molecule has 0 radical (unpaired) electrons. The van der Waals surface area contributed by atoms with E-state index in [2.05, 4.69) is 5.32 Å². The fourth-order valence-corrected chi connectivity index (χ4v) is 7.29. The summed E-state index contributed by atoms with van der Waals surface area (Å²) in [6.45, 7) is 11.4. The smallest absolute Gasteiger partial charge is 0.327 e. The highest BCUT2D eigenvalue weighted by Crippen LogP contribution is 2.27. The Bertz CT molecular complexity index is 745. The third-order valence-corrected chi connectivity index (χ3v) is 9.49. The number of hydrogen-bond acceptors (Lipinski definition) is 6. The van der Waals surface area contributed by atoms with Gasteiger partial charge in [0.25, 0.3) is 11.8 Å². The Kier molecular flexibility index (Phi) is 10.3. The molecule has 0 aromatic rings. The lowest BCUT2D eigenvalue weighted by Crippen LogP contribution is -2.49. The second kappa shape index (κ2) is 12.2. The Balaban J connectivity index is 1.73. The van der Waals surface area contributed by atoms with E-state index in [0.717, 1.165) is 0 Å². The van der Waals surface area contributed by atoms with Gasteiger partial charge in [-0.05, 0) is 41.0 Å². The number of nitrogens with zero attached hydrogens (tertiary/aromatic N) is 3. The first-order valence-electron chi connectivity index (χ1n) is 12.2. The number of hydrogen-bond donors (Lipinski definition) is 1. The van der Waals surface area contributed by atoms with Crippen LogP contribution in [0.4, 0.5) is 9.59 Å². The van der Waals surface area contributed by atoms with E-state index in [-0.39, 0.29) is 24.4 Å². The van der Waals surface area contributed by atoms with Crippen LogP contribution < -0.4 is 5.32 Å². The molecule has 200 valence electrons. The molecule has 10 nitrogen and oxygen atoms in total. The van der Waals surface area contributed by atoms with Crippen molar-refractivity contribution in [3.63, 3.8) is 0 Å². The highest BCUT2D eigenvalue weighted by Gasteiger charge is 2.46. The van der Waals surface area contributed by atoms with E-state index in [0.29, 0.717) is 55.2 Å². The van der Waals surface area contributed by atoms with E-state index < -0.39 is 45.5 Å². The zero-order valence-corrected chi connectivity index (χ0v) is 23.4. The molecule has 2 aliphatic heterocycles. The summed E-state index contributed by atoms with van der Waals surface area (Å²) in [6, 6.07) is -1.21. The van der Waals surface area contributed by atoms with Gasteiger partial charge in [0.15, 0.2) is 0 Å². The minimum Gasteiger partial charge on any atom is -0.616 e. The zero-order valence-electron chi connectivity index (χ0n) is 21.8. The summed E-state index contributed by atoms with van der Waals surface area (Å²) >= 11 is -2.32. The predicted molar refractivity (Wildman–Crippen MR) is 137 cm³/mol. The minimum atomic E-state index is -1.16. The monoisotopic (exact) mass is 532 g/mol. The molecule has 0 saturated carbocycles. The van der Waals surface area contributed by atoms with Crippen molar-refractivity contribution in [1.29, 1.82) is 0 Å². The summed E-state index contributed by atoms with van der Waals surface area (Å²) < 4.78 is 25.0. The lowest BCUT2D eigenvalue weighted by Gasteiger charge is -2.33. The molecule has 0 aromatic carbocycles. The Morgan fingerprint density at radius 2 is 1.40 bits per heavy atom. The first-order chi connectivity index (χ1) is 16.2. The predicted octanol–water partition coefficient (Wildman–Crippen LogP) is 1.83. The molecular weight excluding hydrogens is 492 g/mol. The number of amides is 6. The lowest BCUT2D eigenvalue weighted by atomic mass is 9.99. The first-order valence-corrected chi connectivity index (χ1v) is 15.2. The Morgan fingerprint density at radius 1 is 0.886 bits per heavy atom. The summed E-state index contributed by atoms with van der Waals surface area (Å²) in [5.74, 6) is 0.987. The maximum absolute atomic E-state index is 12.5. The maximum atomic E-state index is 12.5. The van der Waals surface area contributed by atoms with E-state index in [1.807, 2.05) is 27.7 Å². The van der Waals surface area contributed by atoms with Crippen LogP contribution in [0.3, 0.4) is 0 Å². The number of imide groups is 2. The molecule has 3 unspecified atom stereocenters. The SMILES string of the molecule is CCC1NC(=O)N(C(C)(C)CC[S+]([O-])CCC[S+]([O-])CCC(C)(C)N2C(=O)CN(CC)C2=O)C1=O. The van der Waals surface area contributed by atoms with E-state index in [1.165, 1.54) is 14.7 Å². The average molecular weight is 533 g/mol. The largest absolute Gasteiger partial charge is 0.616 e. The fraction of sp³-hybridized carbons (Fsp3) is 0.826. The number of rotatable bonds is 14. The van der Waals surface area contributed by atoms with E-state index >= 15 is 0 Å². The van der Waals surface area contributed by atoms with Gasteiger partial charge in [0.05, 0.1) is 11.1 Å². The van der Waals surface area contributed by atoms with Crippen LogP contribution in [-0.2, 0) is 31.9 Å². The fourth-order valence-electron chi connectivity index (χ4n) is 4.31. The molecule has 3 atom stereocenters. The Morgan fingerprint density at radius 3 is 1.83 bits per heavy atom. The number of likely N-dealkylation sites (N-methyl/N-ethyl adjacent to an activating group) is 1. The average Bonchev–Trinajstić information content (AvgIpc) is 3.24. The number of carbonyl (C=O) groups excluding carboxylic acids is 4. The molecule has 0 bridgehead atoms. The molecule has 2 saturated heterocycles.